The van der Waals surface area contributed by atoms with Crippen molar-refractivity contribution in [2.75, 3.05) is 6.61 Å². The third kappa shape index (κ3) is 2.82. The molecule has 1 fully saturated rings. The molecule has 2 atom stereocenters. The summed E-state index contributed by atoms with van der Waals surface area (Å²) in [5.74, 6) is -2.14. The Morgan fingerprint density at radius 2 is 2.29 bits per heavy atom. The monoisotopic (exact) mass is 238 g/mol. The number of ether oxygens (including phenoxy) is 1. The van der Waals surface area contributed by atoms with Crippen LogP contribution in [0.3, 0.4) is 0 Å². The normalized spacial score (nSPS) is 22.1. The Kier molecular flexibility index (Phi) is 3.74. The predicted molar refractivity (Wildman–Crippen MR) is 60.4 cm³/mol. The summed E-state index contributed by atoms with van der Waals surface area (Å²) in [6.07, 6.45) is 2.30. The minimum Gasteiger partial charge on any atom is -0.481 e. The smallest absolute Gasteiger partial charge is 0.313 e. The van der Waals surface area contributed by atoms with E-state index in [-0.39, 0.29) is 6.10 Å². The van der Waals surface area contributed by atoms with Gasteiger partial charge in [-0.25, -0.2) is 4.39 Å². The maximum absolute atomic E-state index is 13.1. The van der Waals surface area contributed by atoms with Crippen molar-refractivity contribution in [2.45, 2.75) is 31.3 Å². The van der Waals surface area contributed by atoms with E-state index in [2.05, 4.69) is 0 Å². The van der Waals surface area contributed by atoms with Crippen LogP contribution in [0.4, 0.5) is 4.39 Å². The van der Waals surface area contributed by atoms with Gasteiger partial charge in [0.25, 0.3) is 0 Å². The maximum Gasteiger partial charge on any atom is 0.313 e. The van der Waals surface area contributed by atoms with Gasteiger partial charge < -0.3 is 9.84 Å². The molecule has 92 valence electrons. The lowest BCUT2D eigenvalue weighted by molar-refractivity contribution is -0.144. The zero-order valence-electron chi connectivity index (χ0n) is 9.43. The highest BCUT2D eigenvalue weighted by molar-refractivity contribution is 5.77. The lowest BCUT2D eigenvalue weighted by Gasteiger charge is -2.28. The average Bonchev–Trinajstić information content (AvgIpc) is 2.30. The lowest BCUT2D eigenvalue weighted by Crippen LogP contribution is -2.31. The summed E-state index contributed by atoms with van der Waals surface area (Å²) in [7, 11) is 0. The van der Waals surface area contributed by atoms with E-state index in [0.717, 1.165) is 12.8 Å². The molecular formula is C13H15FO3. The van der Waals surface area contributed by atoms with Crippen LogP contribution in [0, 0.1) is 5.82 Å². The van der Waals surface area contributed by atoms with E-state index in [0.29, 0.717) is 18.6 Å². The second-order valence-electron chi connectivity index (χ2n) is 4.28. The van der Waals surface area contributed by atoms with E-state index in [9.17, 15) is 14.3 Å². The van der Waals surface area contributed by atoms with Crippen molar-refractivity contribution in [1.29, 1.82) is 0 Å². The van der Waals surface area contributed by atoms with Crippen molar-refractivity contribution in [3.8, 4) is 0 Å². The molecule has 1 heterocycles. The van der Waals surface area contributed by atoms with Crippen LogP contribution in [0.15, 0.2) is 24.3 Å². The van der Waals surface area contributed by atoms with Gasteiger partial charge in [-0.2, -0.15) is 0 Å². The van der Waals surface area contributed by atoms with Gasteiger partial charge in [-0.3, -0.25) is 4.79 Å². The van der Waals surface area contributed by atoms with Crippen LogP contribution in [-0.4, -0.2) is 23.8 Å². The lowest BCUT2D eigenvalue weighted by atomic mass is 9.89. The van der Waals surface area contributed by atoms with Gasteiger partial charge in [0, 0.05) is 6.61 Å². The van der Waals surface area contributed by atoms with Gasteiger partial charge in [0.1, 0.15) is 11.7 Å². The van der Waals surface area contributed by atoms with Crippen LogP contribution < -0.4 is 0 Å². The molecule has 0 spiro atoms. The van der Waals surface area contributed by atoms with E-state index in [1.54, 1.807) is 6.07 Å². The number of hydrogen-bond donors (Lipinski definition) is 1. The van der Waals surface area contributed by atoms with Crippen molar-refractivity contribution in [3.63, 3.8) is 0 Å². The molecule has 0 aliphatic carbocycles. The summed E-state index contributed by atoms with van der Waals surface area (Å²) in [4.78, 5) is 11.3. The second kappa shape index (κ2) is 5.27. The van der Waals surface area contributed by atoms with Crippen LogP contribution in [0.2, 0.25) is 0 Å². The molecule has 1 aliphatic heterocycles. The number of carboxylic acid groups (broad SMARTS) is 1. The zero-order valence-corrected chi connectivity index (χ0v) is 9.43. The minimum absolute atomic E-state index is 0.344. The Bertz CT molecular complexity index is 399. The molecule has 1 aliphatic rings. The summed E-state index contributed by atoms with van der Waals surface area (Å²) in [5, 5.41) is 9.27. The molecule has 1 saturated heterocycles. The van der Waals surface area contributed by atoms with Crippen molar-refractivity contribution in [2.24, 2.45) is 0 Å². The Labute approximate surface area is 99.2 Å². The molecule has 4 heteroatoms. The first kappa shape index (κ1) is 12.0. The molecule has 0 saturated carbocycles. The van der Waals surface area contributed by atoms with E-state index in [1.165, 1.54) is 18.2 Å². The fourth-order valence-electron chi connectivity index (χ4n) is 2.24. The highest BCUT2D eigenvalue weighted by Gasteiger charge is 2.31. The highest BCUT2D eigenvalue weighted by Crippen LogP contribution is 2.29. The fourth-order valence-corrected chi connectivity index (χ4v) is 2.24. The van der Waals surface area contributed by atoms with Crippen molar-refractivity contribution < 1.29 is 19.0 Å². The number of benzene rings is 1. The summed E-state index contributed by atoms with van der Waals surface area (Å²) < 4.78 is 18.6. The van der Waals surface area contributed by atoms with E-state index in [4.69, 9.17) is 4.74 Å². The van der Waals surface area contributed by atoms with E-state index in [1.807, 2.05) is 0 Å². The molecule has 17 heavy (non-hydrogen) atoms. The average molecular weight is 238 g/mol. The Balaban J connectivity index is 2.25. The highest BCUT2D eigenvalue weighted by atomic mass is 19.1. The second-order valence-corrected chi connectivity index (χ2v) is 4.28. The zero-order chi connectivity index (χ0) is 12.3. The van der Waals surface area contributed by atoms with Gasteiger partial charge in [-0.05, 0) is 37.0 Å². The van der Waals surface area contributed by atoms with Gasteiger partial charge in [0.05, 0.1) is 6.10 Å². The minimum atomic E-state index is -0.956. The number of carbonyl (C=O) groups is 1. The molecule has 1 aromatic rings. The Morgan fingerprint density at radius 1 is 1.47 bits per heavy atom. The predicted octanol–water partition coefficient (Wildman–Crippen LogP) is 2.56. The molecule has 1 aromatic carbocycles. The summed E-state index contributed by atoms with van der Waals surface area (Å²) in [6.45, 7) is 0.587. The van der Waals surface area contributed by atoms with E-state index < -0.39 is 17.7 Å². The van der Waals surface area contributed by atoms with Gasteiger partial charge in [-0.1, -0.05) is 12.1 Å². The van der Waals surface area contributed by atoms with Crippen molar-refractivity contribution in [1.82, 2.24) is 0 Å². The fraction of sp³-hybridized carbons (Fsp3) is 0.462. The topological polar surface area (TPSA) is 46.5 Å². The van der Waals surface area contributed by atoms with Crippen LogP contribution in [0.25, 0.3) is 0 Å². The number of rotatable bonds is 3. The molecule has 0 bridgehead atoms. The molecule has 3 nitrogen and oxygen atoms in total. The molecule has 1 N–H and O–H groups in total. The number of halogens is 1. The van der Waals surface area contributed by atoms with Gasteiger partial charge in [0.15, 0.2) is 0 Å². The van der Waals surface area contributed by atoms with Crippen LogP contribution in [0.5, 0.6) is 0 Å². The summed E-state index contributed by atoms with van der Waals surface area (Å²) in [5.41, 5.74) is 0.476. The number of carboxylic acids is 1. The summed E-state index contributed by atoms with van der Waals surface area (Å²) >= 11 is 0. The SMILES string of the molecule is O=C(O)C(c1cccc(F)c1)C1CCCCO1. The molecule has 0 radical (unpaired) electrons. The Morgan fingerprint density at radius 3 is 2.88 bits per heavy atom. The van der Waals surface area contributed by atoms with Crippen molar-refractivity contribution in [3.05, 3.63) is 35.6 Å². The van der Waals surface area contributed by atoms with E-state index >= 15 is 0 Å². The molecule has 2 rings (SSSR count). The van der Waals surface area contributed by atoms with Crippen LogP contribution >= 0.6 is 0 Å². The number of hydrogen-bond acceptors (Lipinski definition) is 2. The Hall–Kier alpha value is -1.42. The standard InChI is InChI=1S/C13H15FO3/c14-10-5-3-4-9(8-10)12(13(15)16)11-6-1-2-7-17-11/h3-5,8,11-12H,1-2,6-7H2,(H,15,16). The molecule has 2 unspecified atom stereocenters. The van der Waals surface area contributed by atoms with Gasteiger partial charge in [0.2, 0.25) is 0 Å². The first-order chi connectivity index (χ1) is 8.18. The molecule has 0 aromatic heterocycles. The maximum atomic E-state index is 13.1. The third-order valence-electron chi connectivity index (χ3n) is 3.06. The van der Waals surface area contributed by atoms with Gasteiger partial charge >= 0.3 is 5.97 Å². The first-order valence-electron chi connectivity index (χ1n) is 5.78. The molecular weight excluding hydrogens is 223 g/mol. The number of aliphatic carboxylic acids is 1. The van der Waals surface area contributed by atoms with Gasteiger partial charge in [-0.15, -0.1) is 0 Å². The third-order valence-corrected chi connectivity index (χ3v) is 3.06. The van der Waals surface area contributed by atoms with Crippen molar-refractivity contribution >= 4 is 5.97 Å². The largest absolute Gasteiger partial charge is 0.481 e. The summed E-state index contributed by atoms with van der Waals surface area (Å²) in [6, 6.07) is 5.75. The first-order valence-corrected chi connectivity index (χ1v) is 5.78. The van der Waals surface area contributed by atoms with Crippen LogP contribution in [-0.2, 0) is 9.53 Å². The van der Waals surface area contributed by atoms with Crippen LogP contribution in [0.1, 0.15) is 30.7 Å². The quantitative estimate of drug-likeness (QED) is 0.880. The molecule has 0 amide bonds.